The van der Waals surface area contributed by atoms with Crippen LogP contribution in [0.15, 0.2) is 24.4 Å². The van der Waals surface area contributed by atoms with Crippen LogP contribution in [0.2, 0.25) is 5.02 Å². The van der Waals surface area contributed by atoms with E-state index in [9.17, 15) is 9.18 Å². The lowest BCUT2D eigenvalue weighted by molar-refractivity contribution is -0.110. The molecule has 1 aromatic carbocycles. The Kier molecular flexibility index (Phi) is 6.72. The number of hydrogen-bond donors (Lipinski definition) is 3. The van der Waals surface area contributed by atoms with Crippen molar-refractivity contribution in [3.8, 4) is 0 Å². The average molecular weight is 448 g/mol. The van der Waals surface area contributed by atoms with Crippen molar-refractivity contribution in [3.63, 3.8) is 0 Å². The third kappa shape index (κ3) is 5.16. The Labute approximate surface area is 186 Å². The summed E-state index contributed by atoms with van der Waals surface area (Å²) < 4.78 is 14.3. The zero-order valence-corrected chi connectivity index (χ0v) is 18.2. The fraction of sp³-hybridized carbons (Fsp3) is 0.476. The molecule has 2 unspecified atom stereocenters. The number of carbonyl (C=O) groups is 1. The second-order valence-electron chi connectivity index (χ2n) is 8.04. The third-order valence-corrected chi connectivity index (χ3v) is 6.21. The SMILES string of the molecule is CN1CCN(c2ccc(Nc3ncc(F)c(NC4CCCC4NC=O)n3)cc2Cl)CC1. The highest BCUT2D eigenvalue weighted by Crippen LogP contribution is 2.31. The Morgan fingerprint density at radius 1 is 1.19 bits per heavy atom. The summed E-state index contributed by atoms with van der Waals surface area (Å²) in [7, 11) is 2.11. The molecule has 2 aliphatic rings. The standard InChI is InChI=1S/C21H27ClFN7O/c1-29-7-9-30(10-8-29)19-6-5-14(11-15(19)22)26-21-24-12-16(23)20(28-21)27-18-4-2-3-17(18)25-13-31/h5-6,11-13,17-18H,2-4,7-10H2,1H3,(H,25,31)(H2,24,26,27,28). The Morgan fingerprint density at radius 3 is 2.71 bits per heavy atom. The molecule has 1 saturated carbocycles. The highest BCUT2D eigenvalue weighted by Gasteiger charge is 2.28. The van der Waals surface area contributed by atoms with Crippen molar-refractivity contribution in [1.29, 1.82) is 0 Å². The maximum Gasteiger partial charge on any atom is 0.229 e. The smallest absolute Gasteiger partial charge is 0.229 e. The molecule has 1 aromatic heterocycles. The minimum absolute atomic E-state index is 0.0378. The minimum atomic E-state index is -0.536. The van der Waals surface area contributed by atoms with E-state index in [1.54, 1.807) is 0 Å². The predicted octanol–water partition coefficient (Wildman–Crippen LogP) is 2.84. The van der Waals surface area contributed by atoms with E-state index in [0.29, 0.717) is 11.4 Å². The summed E-state index contributed by atoms with van der Waals surface area (Å²) in [4.78, 5) is 23.7. The summed E-state index contributed by atoms with van der Waals surface area (Å²) in [5.41, 5.74) is 1.72. The average Bonchev–Trinajstić information content (AvgIpc) is 3.18. The molecule has 31 heavy (non-hydrogen) atoms. The molecule has 2 fully saturated rings. The van der Waals surface area contributed by atoms with Gasteiger partial charge in [0.15, 0.2) is 11.6 Å². The summed E-state index contributed by atoms with van der Waals surface area (Å²) in [6, 6.07) is 5.62. The van der Waals surface area contributed by atoms with E-state index >= 15 is 0 Å². The molecule has 0 spiro atoms. The third-order valence-electron chi connectivity index (χ3n) is 5.91. The summed E-state index contributed by atoms with van der Waals surface area (Å²) in [5, 5.41) is 9.64. The molecule has 1 aliphatic heterocycles. The molecule has 0 radical (unpaired) electrons. The first-order valence-electron chi connectivity index (χ1n) is 10.5. The lowest BCUT2D eigenvalue weighted by Crippen LogP contribution is -2.44. The fourth-order valence-corrected chi connectivity index (χ4v) is 4.44. The molecule has 1 saturated heterocycles. The van der Waals surface area contributed by atoms with Crippen LogP contribution in [-0.4, -0.2) is 66.6 Å². The number of hydrogen-bond acceptors (Lipinski definition) is 7. The number of aromatic nitrogens is 2. The molecule has 4 rings (SSSR count). The monoisotopic (exact) mass is 447 g/mol. The van der Waals surface area contributed by atoms with Gasteiger partial charge in [-0.05, 0) is 44.5 Å². The molecule has 8 nitrogen and oxygen atoms in total. The zero-order chi connectivity index (χ0) is 21.8. The van der Waals surface area contributed by atoms with Crippen LogP contribution in [0, 0.1) is 5.82 Å². The molecule has 2 atom stereocenters. The van der Waals surface area contributed by atoms with E-state index in [1.807, 2.05) is 18.2 Å². The van der Waals surface area contributed by atoms with E-state index in [0.717, 1.165) is 63.0 Å². The van der Waals surface area contributed by atoms with Crippen molar-refractivity contribution in [1.82, 2.24) is 20.2 Å². The van der Waals surface area contributed by atoms with Crippen LogP contribution in [-0.2, 0) is 4.79 Å². The van der Waals surface area contributed by atoms with Gasteiger partial charge in [0.2, 0.25) is 12.4 Å². The molecular weight excluding hydrogens is 421 g/mol. The predicted molar refractivity (Wildman–Crippen MR) is 121 cm³/mol. The van der Waals surface area contributed by atoms with Gasteiger partial charge >= 0.3 is 0 Å². The first kappa shape index (κ1) is 21.6. The van der Waals surface area contributed by atoms with Crippen molar-refractivity contribution in [3.05, 3.63) is 35.2 Å². The van der Waals surface area contributed by atoms with Crippen LogP contribution < -0.4 is 20.9 Å². The quantitative estimate of drug-likeness (QED) is 0.563. The summed E-state index contributed by atoms with van der Waals surface area (Å²) in [5.74, 6) is -0.154. The van der Waals surface area contributed by atoms with Gasteiger partial charge in [-0.2, -0.15) is 4.98 Å². The number of amides is 1. The minimum Gasteiger partial charge on any atom is -0.368 e. The number of likely N-dealkylation sites (N-methyl/N-ethyl adjacent to an activating group) is 1. The highest BCUT2D eigenvalue weighted by molar-refractivity contribution is 6.33. The summed E-state index contributed by atoms with van der Waals surface area (Å²) in [6.45, 7) is 3.86. The van der Waals surface area contributed by atoms with Crippen LogP contribution in [0.25, 0.3) is 0 Å². The summed E-state index contributed by atoms with van der Waals surface area (Å²) >= 11 is 6.54. The van der Waals surface area contributed by atoms with Crippen molar-refractivity contribution in [2.24, 2.45) is 0 Å². The van der Waals surface area contributed by atoms with Crippen LogP contribution in [0.4, 0.5) is 27.5 Å². The molecule has 0 bridgehead atoms. The lowest BCUT2D eigenvalue weighted by atomic mass is 10.2. The summed E-state index contributed by atoms with van der Waals surface area (Å²) in [6.07, 6.45) is 4.46. The number of nitrogens with zero attached hydrogens (tertiary/aromatic N) is 4. The van der Waals surface area contributed by atoms with E-state index in [-0.39, 0.29) is 23.8 Å². The molecule has 1 aliphatic carbocycles. The van der Waals surface area contributed by atoms with Crippen molar-refractivity contribution < 1.29 is 9.18 Å². The number of anilines is 4. The second kappa shape index (κ2) is 9.65. The van der Waals surface area contributed by atoms with Gasteiger partial charge in [0.1, 0.15) is 0 Å². The highest BCUT2D eigenvalue weighted by atomic mass is 35.5. The molecule has 3 N–H and O–H groups in total. The van der Waals surface area contributed by atoms with Crippen molar-refractivity contribution >= 4 is 41.2 Å². The first-order valence-corrected chi connectivity index (χ1v) is 10.9. The topological polar surface area (TPSA) is 85.4 Å². The van der Waals surface area contributed by atoms with Crippen molar-refractivity contribution in [2.75, 3.05) is 48.8 Å². The number of nitrogens with one attached hydrogen (secondary N) is 3. The van der Waals surface area contributed by atoms with E-state index in [4.69, 9.17) is 11.6 Å². The van der Waals surface area contributed by atoms with Gasteiger partial charge in [0.25, 0.3) is 0 Å². The number of carbonyl (C=O) groups excluding carboxylic acids is 1. The van der Waals surface area contributed by atoms with E-state index in [1.165, 1.54) is 0 Å². The largest absolute Gasteiger partial charge is 0.368 e. The number of piperazine rings is 1. The Morgan fingerprint density at radius 2 is 1.97 bits per heavy atom. The molecule has 2 aromatic rings. The molecule has 1 amide bonds. The van der Waals surface area contributed by atoms with Crippen molar-refractivity contribution in [2.45, 2.75) is 31.3 Å². The van der Waals surface area contributed by atoms with Crippen LogP contribution in [0.5, 0.6) is 0 Å². The maximum atomic E-state index is 14.3. The van der Waals surface area contributed by atoms with Crippen LogP contribution in [0.1, 0.15) is 19.3 Å². The first-order chi connectivity index (χ1) is 15.0. The van der Waals surface area contributed by atoms with Gasteiger partial charge in [0, 0.05) is 44.0 Å². The Hall–Kier alpha value is -2.65. The fourth-order valence-electron chi connectivity index (χ4n) is 4.14. The maximum absolute atomic E-state index is 14.3. The van der Waals surface area contributed by atoms with E-state index < -0.39 is 5.82 Å². The second-order valence-corrected chi connectivity index (χ2v) is 8.45. The van der Waals surface area contributed by atoms with Gasteiger partial charge in [-0.3, -0.25) is 4.79 Å². The van der Waals surface area contributed by atoms with Gasteiger partial charge in [0.05, 0.1) is 16.9 Å². The molecular formula is C21H27ClFN7O. The normalized spacial score (nSPS) is 21.7. The Balaban J connectivity index is 1.45. The van der Waals surface area contributed by atoms with Gasteiger partial charge in [-0.15, -0.1) is 0 Å². The number of benzene rings is 1. The van der Waals surface area contributed by atoms with Gasteiger partial charge in [-0.25, -0.2) is 9.37 Å². The Bertz CT molecular complexity index is 923. The van der Waals surface area contributed by atoms with Crippen LogP contribution in [0.3, 0.4) is 0 Å². The molecule has 166 valence electrons. The molecule has 10 heteroatoms. The molecule has 2 heterocycles. The number of halogens is 2. The van der Waals surface area contributed by atoms with Gasteiger partial charge < -0.3 is 25.8 Å². The van der Waals surface area contributed by atoms with Crippen LogP contribution >= 0.6 is 11.6 Å². The lowest BCUT2D eigenvalue weighted by Gasteiger charge is -2.34. The zero-order valence-electron chi connectivity index (χ0n) is 17.4. The van der Waals surface area contributed by atoms with Gasteiger partial charge in [-0.1, -0.05) is 11.6 Å². The number of rotatable bonds is 7. The van der Waals surface area contributed by atoms with E-state index in [2.05, 4.69) is 42.8 Å².